The Hall–Kier alpha value is -0.883. The van der Waals surface area contributed by atoms with Crippen molar-refractivity contribution in [3.8, 4) is 0 Å². The number of carbonyl (C=O) groups is 2. The largest absolute Gasteiger partial charge is 0.463 e. The molecule has 0 rings (SSSR count). The first-order valence-electron chi connectivity index (χ1n) is 8.27. The average molecular weight is 333 g/mol. The number of rotatable bonds is 10. The summed E-state index contributed by atoms with van der Waals surface area (Å²) in [5.74, 6) is -0.894. The van der Waals surface area contributed by atoms with Crippen LogP contribution in [-0.2, 0) is 23.5 Å². The molecule has 0 aliphatic heterocycles. The van der Waals surface area contributed by atoms with E-state index < -0.39 is 26.4 Å². The van der Waals surface area contributed by atoms with E-state index in [9.17, 15) is 9.59 Å². The molecule has 0 aliphatic carbocycles. The molecule has 130 valence electrons. The molecule has 6 heteroatoms. The molecule has 0 aliphatic rings. The highest BCUT2D eigenvalue weighted by Crippen LogP contribution is 2.25. The number of hydrogen-bond donors (Lipinski definition) is 0. The fourth-order valence-electron chi connectivity index (χ4n) is 2.25. The van der Waals surface area contributed by atoms with Crippen molar-refractivity contribution < 1.29 is 23.5 Å². The van der Waals surface area contributed by atoms with Crippen molar-refractivity contribution in [2.75, 3.05) is 0 Å². The molecular weight excluding hydrogens is 300 g/mol. The van der Waals surface area contributed by atoms with E-state index in [1.807, 2.05) is 0 Å². The standard InChI is InChI=1S/C16H32O5Si/c1-8-22(9-2,10-3)21-14(16(18)20-13(6)7)11-15(17)19-12(4)5/h12-14H,8-11H2,1-7H3. The van der Waals surface area contributed by atoms with Crippen LogP contribution < -0.4 is 0 Å². The molecule has 1 unspecified atom stereocenters. The summed E-state index contributed by atoms with van der Waals surface area (Å²) in [7, 11) is -2.01. The van der Waals surface area contributed by atoms with Gasteiger partial charge in [0.2, 0.25) is 0 Å². The second-order valence-electron chi connectivity index (χ2n) is 6.08. The molecule has 5 nitrogen and oxygen atoms in total. The zero-order valence-corrected chi connectivity index (χ0v) is 16.1. The Morgan fingerprint density at radius 1 is 0.864 bits per heavy atom. The van der Waals surface area contributed by atoms with E-state index >= 15 is 0 Å². The van der Waals surface area contributed by atoms with Crippen molar-refractivity contribution in [1.29, 1.82) is 0 Å². The van der Waals surface area contributed by atoms with Gasteiger partial charge in [-0.3, -0.25) is 4.79 Å². The molecule has 0 amide bonds. The summed E-state index contributed by atoms with van der Waals surface area (Å²) in [4.78, 5) is 24.2. The molecule has 0 saturated heterocycles. The van der Waals surface area contributed by atoms with E-state index in [0.717, 1.165) is 18.1 Å². The maximum absolute atomic E-state index is 12.3. The maximum Gasteiger partial charge on any atom is 0.334 e. The van der Waals surface area contributed by atoms with Crippen molar-refractivity contribution in [3.63, 3.8) is 0 Å². The summed E-state index contributed by atoms with van der Waals surface area (Å²) in [6, 6.07) is 2.72. The van der Waals surface area contributed by atoms with Crippen LogP contribution in [0.25, 0.3) is 0 Å². The van der Waals surface area contributed by atoms with Gasteiger partial charge in [-0.15, -0.1) is 0 Å². The summed E-state index contributed by atoms with van der Waals surface area (Å²) in [6.07, 6.45) is -1.39. The van der Waals surface area contributed by atoms with Crippen molar-refractivity contribution in [2.45, 2.75) is 91.3 Å². The van der Waals surface area contributed by atoms with Gasteiger partial charge in [-0.2, -0.15) is 0 Å². The van der Waals surface area contributed by atoms with E-state index in [2.05, 4.69) is 20.8 Å². The normalized spacial score (nSPS) is 13.3. The molecule has 0 radical (unpaired) electrons. The van der Waals surface area contributed by atoms with Crippen molar-refractivity contribution in [3.05, 3.63) is 0 Å². The van der Waals surface area contributed by atoms with Crippen LogP contribution in [0.4, 0.5) is 0 Å². The third-order valence-corrected chi connectivity index (χ3v) is 8.31. The highest BCUT2D eigenvalue weighted by atomic mass is 28.4. The topological polar surface area (TPSA) is 61.8 Å². The fraction of sp³-hybridized carbons (Fsp3) is 0.875. The lowest BCUT2D eigenvalue weighted by molar-refractivity contribution is -0.163. The molecule has 22 heavy (non-hydrogen) atoms. The van der Waals surface area contributed by atoms with E-state index in [4.69, 9.17) is 13.9 Å². The zero-order chi connectivity index (χ0) is 17.3. The van der Waals surface area contributed by atoms with Gasteiger partial charge in [0, 0.05) is 0 Å². The molecule has 0 aromatic carbocycles. The second-order valence-corrected chi connectivity index (χ2v) is 10.8. The summed E-state index contributed by atoms with van der Waals surface area (Å²) in [5, 5.41) is 0. The van der Waals surface area contributed by atoms with Crippen LogP contribution in [0.15, 0.2) is 0 Å². The molecule has 0 aromatic rings. The van der Waals surface area contributed by atoms with Crippen LogP contribution in [0, 0.1) is 0 Å². The van der Waals surface area contributed by atoms with Crippen molar-refractivity contribution in [1.82, 2.24) is 0 Å². The molecule has 0 heterocycles. The predicted molar refractivity (Wildman–Crippen MR) is 89.1 cm³/mol. The molecule has 0 aromatic heterocycles. The summed E-state index contributed by atoms with van der Waals surface area (Å²) >= 11 is 0. The lowest BCUT2D eigenvalue weighted by Gasteiger charge is -2.32. The lowest BCUT2D eigenvalue weighted by Crippen LogP contribution is -2.44. The summed E-state index contributed by atoms with van der Waals surface area (Å²) < 4.78 is 16.6. The first kappa shape index (κ1) is 21.1. The minimum absolute atomic E-state index is 0.0848. The Kier molecular flexibility index (Phi) is 9.60. The van der Waals surface area contributed by atoms with Crippen LogP contribution in [0.2, 0.25) is 18.1 Å². The van der Waals surface area contributed by atoms with Crippen molar-refractivity contribution >= 4 is 20.3 Å². The SMILES string of the molecule is CC[Si](CC)(CC)OC(CC(=O)OC(C)C)C(=O)OC(C)C. The molecule has 0 spiro atoms. The molecular formula is C16H32O5Si. The van der Waals surface area contributed by atoms with E-state index in [1.54, 1.807) is 27.7 Å². The van der Waals surface area contributed by atoms with Crippen molar-refractivity contribution in [2.24, 2.45) is 0 Å². The number of hydrogen-bond acceptors (Lipinski definition) is 5. The highest BCUT2D eigenvalue weighted by Gasteiger charge is 2.37. The van der Waals surface area contributed by atoms with E-state index in [1.165, 1.54) is 0 Å². The lowest BCUT2D eigenvalue weighted by atomic mass is 10.2. The Balaban J connectivity index is 5.07. The van der Waals surface area contributed by atoms with Gasteiger partial charge in [0.1, 0.15) is 0 Å². The van der Waals surface area contributed by atoms with Crippen LogP contribution in [0.1, 0.15) is 54.9 Å². The fourth-order valence-corrected chi connectivity index (χ4v) is 5.03. The van der Waals surface area contributed by atoms with Gasteiger partial charge in [-0.05, 0) is 45.8 Å². The average Bonchev–Trinajstić information content (AvgIpc) is 2.42. The molecule has 0 bridgehead atoms. The highest BCUT2D eigenvalue weighted by molar-refractivity contribution is 6.73. The smallest absolute Gasteiger partial charge is 0.334 e. The first-order chi connectivity index (χ1) is 10.2. The van der Waals surface area contributed by atoms with Gasteiger partial charge in [-0.25, -0.2) is 4.79 Å². The zero-order valence-electron chi connectivity index (χ0n) is 15.1. The Morgan fingerprint density at radius 2 is 1.32 bits per heavy atom. The Labute approximate surface area is 135 Å². The molecule has 0 fully saturated rings. The van der Waals surface area contributed by atoms with Gasteiger partial charge in [0.05, 0.1) is 18.6 Å². The number of ether oxygens (including phenoxy) is 2. The van der Waals surface area contributed by atoms with Gasteiger partial charge in [0.15, 0.2) is 14.4 Å². The Bertz CT molecular complexity index is 342. The van der Waals surface area contributed by atoms with Crippen LogP contribution in [-0.4, -0.2) is 38.6 Å². The predicted octanol–water partition coefficient (Wildman–Crippen LogP) is 3.67. The third-order valence-electron chi connectivity index (χ3n) is 3.66. The van der Waals surface area contributed by atoms with Crippen LogP contribution in [0.5, 0.6) is 0 Å². The quantitative estimate of drug-likeness (QED) is 0.451. The minimum atomic E-state index is -2.01. The van der Waals surface area contributed by atoms with Gasteiger partial charge in [0.25, 0.3) is 0 Å². The Morgan fingerprint density at radius 3 is 1.68 bits per heavy atom. The van der Waals surface area contributed by atoms with Crippen LogP contribution in [0.3, 0.4) is 0 Å². The molecule has 0 saturated carbocycles. The molecule has 0 N–H and O–H groups in total. The van der Waals surface area contributed by atoms with Gasteiger partial charge in [-0.1, -0.05) is 20.8 Å². The second kappa shape index (κ2) is 10.00. The minimum Gasteiger partial charge on any atom is -0.463 e. The summed E-state index contributed by atoms with van der Waals surface area (Å²) in [6.45, 7) is 13.4. The number of carbonyl (C=O) groups excluding carboxylic acids is 2. The van der Waals surface area contributed by atoms with E-state index in [0.29, 0.717) is 0 Å². The third kappa shape index (κ3) is 7.40. The van der Waals surface area contributed by atoms with Crippen LogP contribution >= 0.6 is 0 Å². The summed E-state index contributed by atoms with van der Waals surface area (Å²) in [5.41, 5.74) is 0. The maximum atomic E-state index is 12.3. The first-order valence-corrected chi connectivity index (χ1v) is 10.8. The van der Waals surface area contributed by atoms with E-state index in [-0.39, 0.29) is 18.6 Å². The molecule has 1 atom stereocenters. The monoisotopic (exact) mass is 332 g/mol. The van der Waals surface area contributed by atoms with Gasteiger partial charge < -0.3 is 13.9 Å². The number of esters is 2. The van der Waals surface area contributed by atoms with Gasteiger partial charge >= 0.3 is 11.9 Å².